The number of rotatable bonds is 2. The SMILES string of the molecule is CC(C)(C)c1ccccc1-c1ccccc1-c1ccccc1. The van der Waals surface area contributed by atoms with Gasteiger partial charge in [0, 0.05) is 0 Å². The average Bonchev–Trinajstić information content (AvgIpc) is 2.55. The molecule has 0 bridgehead atoms. The highest BCUT2D eigenvalue weighted by molar-refractivity contribution is 5.85. The van der Waals surface area contributed by atoms with Gasteiger partial charge in [0.2, 0.25) is 0 Å². The van der Waals surface area contributed by atoms with Gasteiger partial charge >= 0.3 is 0 Å². The fraction of sp³-hybridized carbons (Fsp3) is 0.182. The molecule has 0 heteroatoms. The van der Waals surface area contributed by atoms with Crippen LogP contribution in [0, 0.1) is 0 Å². The van der Waals surface area contributed by atoms with Crippen LogP contribution in [-0.2, 0) is 5.41 Å². The van der Waals surface area contributed by atoms with Crippen LogP contribution in [0.3, 0.4) is 0 Å². The second-order valence-corrected chi connectivity index (χ2v) is 6.71. The molecule has 0 aliphatic heterocycles. The van der Waals surface area contributed by atoms with E-state index in [4.69, 9.17) is 0 Å². The first-order valence-electron chi connectivity index (χ1n) is 7.82. The van der Waals surface area contributed by atoms with Gasteiger partial charge in [-0.1, -0.05) is 99.6 Å². The van der Waals surface area contributed by atoms with E-state index < -0.39 is 0 Å². The van der Waals surface area contributed by atoms with E-state index >= 15 is 0 Å². The summed E-state index contributed by atoms with van der Waals surface area (Å²) in [6, 6.07) is 28.1. The number of benzene rings is 3. The topological polar surface area (TPSA) is 0 Å². The van der Waals surface area contributed by atoms with Crippen molar-refractivity contribution >= 4 is 0 Å². The Bertz CT molecular complexity index is 761. The third kappa shape index (κ3) is 2.82. The van der Waals surface area contributed by atoms with Gasteiger partial charge in [0.05, 0.1) is 0 Å². The molecule has 0 fully saturated rings. The average molecular weight is 286 g/mol. The summed E-state index contributed by atoms with van der Waals surface area (Å²) in [6.07, 6.45) is 0. The Kier molecular flexibility index (Phi) is 3.85. The zero-order chi connectivity index (χ0) is 15.6. The molecule has 0 amide bonds. The third-order valence-corrected chi connectivity index (χ3v) is 4.04. The molecule has 0 aliphatic carbocycles. The molecular weight excluding hydrogens is 264 g/mol. The second kappa shape index (κ2) is 5.81. The van der Waals surface area contributed by atoms with Crippen LogP contribution in [0.15, 0.2) is 78.9 Å². The zero-order valence-electron chi connectivity index (χ0n) is 13.5. The first-order chi connectivity index (χ1) is 10.6. The molecule has 110 valence electrons. The Balaban J connectivity index is 2.24. The molecule has 0 atom stereocenters. The lowest BCUT2D eigenvalue weighted by Crippen LogP contribution is -2.12. The van der Waals surface area contributed by atoms with Gasteiger partial charge in [-0.25, -0.2) is 0 Å². The van der Waals surface area contributed by atoms with Gasteiger partial charge in [-0.2, -0.15) is 0 Å². The van der Waals surface area contributed by atoms with E-state index in [-0.39, 0.29) is 5.41 Å². The first kappa shape index (κ1) is 14.6. The van der Waals surface area contributed by atoms with Gasteiger partial charge in [0.1, 0.15) is 0 Å². The van der Waals surface area contributed by atoms with Crippen molar-refractivity contribution in [2.75, 3.05) is 0 Å². The van der Waals surface area contributed by atoms with Crippen LogP contribution in [0.25, 0.3) is 22.3 Å². The van der Waals surface area contributed by atoms with Crippen molar-refractivity contribution in [3.05, 3.63) is 84.4 Å². The summed E-state index contributed by atoms with van der Waals surface area (Å²) in [5, 5.41) is 0. The summed E-state index contributed by atoms with van der Waals surface area (Å²) in [4.78, 5) is 0. The van der Waals surface area contributed by atoms with E-state index in [0.29, 0.717) is 0 Å². The minimum atomic E-state index is 0.125. The number of hydrogen-bond acceptors (Lipinski definition) is 0. The Morgan fingerprint density at radius 1 is 0.500 bits per heavy atom. The van der Waals surface area contributed by atoms with E-state index in [2.05, 4.69) is 99.6 Å². The molecule has 22 heavy (non-hydrogen) atoms. The Morgan fingerprint density at radius 3 is 1.64 bits per heavy atom. The van der Waals surface area contributed by atoms with Crippen molar-refractivity contribution in [2.45, 2.75) is 26.2 Å². The van der Waals surface area contributed by atoms with Crippen LogP contribution in [-0.4, -0.2) is 0 Å². The van der Waals surface area contributed by atoms with Crippen molar-refractivity contribution in [2.24, 2.45) is 0 Å². The van der Waals surface area contributed by atoms with Crippen LogP contribution in [0.2, 0.25) is 0 Å². The maximum absolute atomic E-state index is 2.27. The molecule has 3 aromatic rings. The standard InChI is InChI=1S/C22H22/c1-22(2,3)21-16-10-9-15-20(21)19-14-8-7-13-18(19)17-11-5-4-6-12-17/h4-16H,1-3H3. The lowest BCUT2D eigenvalue weighted by Gasteiger charge is -2.24. The van der Waals surface area contributed by atoms with Crippen LogP contribution in [0.1, 0.15) is 26.3 Å². The summed E-state index contributed by atoms with van der Waals surface area (Å²) in [7, 11) is 0. The van der Waals surface area contributed by atoms with E-state index in [0.717, 1.165) is 0 Å². The minimum absolute atomic E-state index is 0.125. The summed E-state index contributed by atoms with van der Waals surface area (Å²) in [5.41, 5.74) is 6.70. The van der Waals surface area contributed by atoms with Crippen molar-refractivity contribution in [3.63, 3.8) is 0 Å². The molecule has 0 spiro atoms. The molecule has 0 unspecified atom stereocenters. The molecule has 0 aliphatic rings. The normalized spacial score (nSPS) is 11.4. The monoisotopic (exact) mass is 286 g/mol. The van der Waals surface area contributed by atoms with Gasteiger partial charge in [-0.3, -0.25) is 0 Å². The van der Waals surface area contributed by atoms with Crippen molar-refractivity contribution in [1.29, 1.82) is 0 Å². The summed E-state index contributed by atoms with van der Waals surface area (Å²) in [5.74, 6) is 0. The Morgan fingerprint density at radius 2 is 1.00 bits per heavy atom. The van der Waals surface area contributed by atoms with Gasteiger partial charge in [0.25, 0.3) is 0 Å². The van der Waals surface area contributed by atoms with E-state index in [1.807, 2.05) is 0 Å². The third-order valence-electron chi connectivity index (χ3n) is 4.04. The largest absolute Gasteiger partial charge is 0.0622 e. The fourth-order valence-electron chi connectivity index (χ4n) is 2.96. The molecule has 0 heterocycles. The zero-order valence-corrected chi connectivity index (χ0v) is 13.5. The van der Waals surface area contributed by atoms with E-state index in [9.17, 15) is 0 Å². The van der Waals surface area contributed by atoms with E-state index in [1.165, 1.54) is 27.8 Å². The Hall–Kier alpha value is -2.34. The van der Waals surface area contributed by atoms with Crippen LogP contribution in [0.5, 0.6) is 0 Å². The summed E-state index contributed by atoms with van der Waals surface area (Å²) in [6.45, 7) is 6.82. The smallest absolute Gasteiger partial charge is 0.0102 e. The second-order valence-electron chi connectivity index (χ2n) is 6.71. The molecule has 0 nitrogen and oxygen atoms in total. The highest BCUT2D eigenvalue weighted by Gasteiger charge is 2.19. The molecule has 0 saturated carbocycles. The van der Waals surface area contributed by atoms with Crippen LogP contribution in [0.4, 0.5) is 0 Å². The predicted molar refractivity (Wildman–Crippen MR) is 96.0 cm³/mol. The molecule has 0 N–H and O–H groups in total. The maximum atomic E-state index is 2.27. The van der Waals surface area contributed by atoms with Gasteiger partial charge < -0.3 is 0 Å². The molecular formula is C22H22. The molecule has 3 aromatic carbocycles. The highest BCUT2D eigenvalue weighted by atomic mass is 14.2. The van der Waals surface area contributed by atoms with Gasteiger partial charge in [0.15, 0.2) is 0 Å². The minimum Gasteiger partial charge on any atom is -0.0622 e. The van der Waals surface area contributed by atoms with Crippen molar-refractivity contribution in [1.82, 2.24) is 0 Å². The highest BCUT2D eigenvalue weighted by Crippen LogP contribution is 2.37. The van der Waals surface area contributed by atoms with Crippen molar-refractivity contribution in [3.8, 4) is 22.3 Å². The number of hydrogen-bond donors (Lipinski definition) is 0. The maximum Gasteiger partial charge on any atom is -0.0102 e. The first-order valence-corrected chi connectivity index (χ1v) is 7.82. The van der Waals surface area contributed by atoms with Gasteiger partial charge in [-0.05, 0) is 33.2 Å². The molecule has 0 radical (unpaired) electrons. The van der Waals surface area contributed by atoms with Crippen LogP contribution < -0.4 is 0 Å². The van der Waals surface area contributed by atoms with Crippen LogP contribution >= 0.6 is 0 Å². The van der Waals surface area contributed by atoms with Gasteiger partial charge in [-0.15, -0.1) is 0 Å². The van der Waals surface area contributed by atoms with Crippen molar-refractivity contribution < 1.29 is 0 Å². The predicted octanol–water partition coefficient (Wildman–Crippen LogP) is 6.32. The lowest BCUT2D eigenvalue weighted by atomic mass is 9.80. The summed E-state index contributed by atoms with van der Waals surface area (Å²) >= 11 is 0. The molecule has 0 aromatic heterocycles. The Labute approximate surface area is 133 Å². The molecule has 0 saturated heterocycles. The summed E-state index contributed by atoms with van der Waals surface area (Å²) < 4.78 is 0. The van der Waals surface area contributed by atoms with E-state index in [1.54, 1.807) is 0 Å². The lowest BCUT2D eigenvalue weighted by molar-refractivity contribution is 0.592. The molecule has 3 rings (SSSR count). The fourth-order valence-corrected chi connectivity index (χ4v) is 2.96. The quantitative estimate of drug-likeness (QED) is 0.517.